The maximum absolute atomic E-state index is 5.06. The summed E-state index contributed by atoms with van der Waals surface area (Å²) in [7, 11) is 0. The second kappa shape index (κ2) is 4.39. The summed E-state index contributed by atoms with van der Waals surface area (Å²) < 4.78 is 5.06. The van der Waals surface area contributed by atoms with Crippen LogP contribution in [0.3, 0.4) is 0 Å². The molecular weight excluding hydrogens is 166 g/mol. The molecule has 0 radical (unpaired) electrons. The third-order valence-corrected chi connectivity index (χ3v) is 2.22. The van der Waals surface area contributed by atoms with Crippen LogP contribution in [-0.2, 0) is 11.2 Å². The minimum atomic E-state index is 0.594. The van der Waals surface area contributed by atoms with Gasteiger partial charge in [-0.25, -0.2) is 4.98 Å². The molecule has 1 aliphatic rings. The Hall–Kier alpha value is -0.870. The van der Waals surface area contributed by atoms with Gasteiger partial charge in [0.15, 0.2) is 0 Å². The standard InChI is InChI=1S/C9H15N3O/c1(2-9-11-4-5-12-9)3-10-8-6-13-7-8/h4-5,8,10H,1-3,6-7H2,(H,11,12). The van der Waals surface area contributed by atoms with Crippen LogP contribution in [0.1, 0.15) is 12.2 Å². The molecule has 72 valence electrons. The summed E-state index contributed by atoms with van der Waals surface area (Å²) in [4.78, 5) is 7.25. The van der Waals surface area contributed by atoms with Crippen LogP contribution >= 0.6 is 0 Å². The van der Waals surface area contributed by atoms with Gasteiger partial charge in [-0.05, 0) is 13.0 Å². The lowest BCUT2D eigenvalue weighted by Crippen LogP contribution is -2.46. The fourth-order valence-electron chi connectivity index (χ4n) is 1.35. The van der Waals surface area contributed by atoms with Crippen molar-refractivity contribution in [3.63, 3.8) is 0 Å². The predicted molar refractivity (Wildman–Crippen MR) is 49.5 cm³/mol. The first-order valence-electron chi connectivity index (χ1n) is 4.74. The molecule has 4 nitrogen and oxygen atoms in total. The van der Waals surface area contributed by atoms with Gasteiger partial charge in [0, 0.05) is 18.8 Å². The normalized spacial score (nSPS) is 17.2. The van der Waals surface area contributed by atoms with Gasteiger partial charge in [-0.2, -0.15) is 0 Å². The van der Waals surface area contributed by atoms with Gasteiger partial charge in [-0.1, -0.05) is 0 Å². The van der Waals surface area contributed by atoms with E-state index in [-0.39, 0.29) is 0 Å². The van der Waals surface area contributed by atoms with Crippen molar-refractivity contribution in [3.05, 3.63) is 18.2 Å². The third-order valence-electron chi connectivity index (χ3n) is 2.22. The van der Waals surface area contributed by atoms with Crippen molar-refractivity contribution in [3.8, 4) is 0 Å². The summed E-state index contributed by atoms with van der Waals surface area (Å²) in [6, 6.07) is 0.594. The first-order valence-corrected chi connectivity index (χ1v) is 4.74. The monoisotopic (exact) mass is 181 g/mol. The number of hydrogen-bond donors (Lipinski definition) is 2. The molecule has 1 fully saturated rings. The van der Waals surface area contributed by atoms with E-state index < -0.39 is 0 Å². The van der Waals surface area contributed by atoms with Gasteiger partial charge in [0.25, 0.3) is 0 Å². The molecule has 13 heavy (non-hydrogen) atoms. The number of aryl methyl sites for hydroxylation is 1. The summed E-state index contributed by atoms with van der Waals surface area (Å²) >= 11 is 0. The molecule has 0 amide bonds. The van der Waals surface area contributed by atoms with Crippen molar-refractivity contribution in [2.45, 2.75) is 18.9 Å². The molecular formula is C9H15N3O. The molecule has 0 unspecified atom stereocenters. The first kappa shape index (κ1) is 8.72. The summed E-state index contributed by atoms with van der Waals surface area (Å²) in [5.41, 5.74) is 0. The van der Waals surface area contributed by atoms with E-state index >= 15 is 0 Å². The number of aromatic amines is 1. The Balaban J connectivity index is 1.53. The number of H-pyrrole nitrogens is 1. The molecule has 0 aromatic carbocycles. The molecule has 0 aliphatic carbocycles. The van der Waals surface area contributed by atoms with Crippen LogP contribution in [0.2, 0.25) is 0 Å². The highest BCUT2D eigenvalue weighted by Gasteiger charge is 2.16. The highest BCUT2D eigenvalue weighted by atomic mass is 16.5. The topological polar surface area (TPSA) is 49.9 Å². The quantitative estimate of drug-likeness (QED) is 0.644. The number of nitrogens with zero attached hydrogens (tertiary/aromatic N) is 1. The van der Waals surface area contributed by atoms with E-state index in [1.165, 1.54) is 0 Å². The summed E-state index contributed by atoms with van der Waals surface area (Å²) in [6.45, 7) is 2.80. The van der Waals surface area contributed by atoms with E-state index in [4.69, 9.17) is 4.74 Å². The minimum absolute atomic E-state index is 0.594. The molecule has 0 saturated carbocycles. The Morgan fingerprint density at radius 1 is 1.62 bits per heavy atom. The molecule has 4 heteroatoms. The summed E-state index contributed by atoms with van der Waals surface area (Å²) in [5.74, 6) is 1.08. The molecule has 1 aromatic heterocycles. The average molecular weight is 181 g/mol. The molecule has 2 rings (SSSR count). The summed E-state index contributed by atoms with van der Waals surface area (Å²) in [5, 5.41) is 3.41. The third kappa shape index (κ3) is 2.54. The van der Waals surface area contributed by atoms with Crippen LogP contribution in [0.25, 0.3) is 0 Å². The van der Waals surface area contributed by atoms with Crippen molar-refractivity contribution in [1.29, 1.82) is 0 Å². The zero-order valence-corrected chi connectivity index (χ0v) is 7.62. The zero-order chi connectivity index (χ0) is 8.93. The fourth-order valence-corrected chi connectivity index (χ4v) is 1.35. The average Bonchev–Trinajstić information content (AvgIpc) is 2.53. The number of nitrogens with one attached hydrogen (secondary N) is 2. The molecule has 1 aromatic rings. The lowest BCUT2D eigenvalue weighted by molar-refractivity contribution is -0.00490. The van der Waals surface area contributed by atoms with Crippen molar-refractivity contribution < 1.29 is 4.74 Å². The molecule has 0 atom stereocenters. The smallest absolute Gasteiger partial charge is 0.106 e. The lowest BCUT2D eigenvalue weighted by atomic mass is 10.2. The maximum atomic E-state index is 5.06. The number of aromatic nitrogens is 2. The maximum Gasteiger partial charge on any atom is 0.106 e. The van der Waals surface area contributed by atoms with Crippen LogP contribution in [-0.4, -0.2) is 35.8 Å². The summed E-state index contributed by atoms with van der Waals surface area (Å²) in [6.07, 6.45) is 5.81. The second-order valence-corrected chi connectivity index (χ2v) is 3.33. The minimum Gasteiger partial charge on any atom is -0.378 e. The zero-order valence-electron chi connectivity index (χ0n) is 7.62. The largest absolute Gasteiger partial charge is 0.378 e. The van der Waals surface area contributed by atoms with E-state index in [1.807, 2.05) is 6.20 Å². The van der Waals surface area contributed by atoms with Gasteiger partial charge < -0.3 is 15.0 Å². The van der Waals surface area contributed by atoms with E-state index in [0.29, 0.717) is 6.04 Å². The van der Waals surface area contributed by atoms with Gasteiger partial charge in [0.05, 0.1) is 19.3 Å². The number of ether oxygens (including phenoxy) is 1. The Morgan fingerprint density at radius 3 is 3.15 bits per heavy atom. The van der Waals surface area contributed by atoms with Gasteiger partial charge in [0.1, 0.15) is 5.82 Å². The highest BCUT2D eigenvalue weighted by molar-refractivity contribution is 4.87. The lowest BCUT2D eigenvalue weighted by Gasteiger charge is -2.26. The first-order chi connectivity index (χ1) is 6.45. The number of rotatable bonds is 5. The van der Waals surface area contributed by atoms with Crippen molar-refractivity contribution >= 4 is 0 Å². The molecule has 2 N–H and O–H groups in total. The van der Waals surface area contributed by atoms with E-state index in [0.717, 1.165) is 38.4 Å². The van der Waals surface area contributed by atoms with E-state index in [9.17, 15) is 0 Å². The SMILES string of the molecule is c1c[nH]c(CCCNC2COC2)n1. The number of hydrogen-bond acceptors (Lipinski definition) is 3. The van der Waals surface area contributed by atoms with Crippen LogP contribution in [0.15, 0.2) is 12.4 Å². The van der Waals surface area contributed by atoms with Crippen LogP contribution in [0, 0.1) is 0 Å². The van der Waals surface area contributed by atoms with Gasteiger partial charge in [0.2, 0.25) is 0 Å². The van der Waals surface area contributed by atoms with E-state index in [2.05, 4.69) is 15.3 Å². The Kier molecular flexibility index (Phi) is 2.94. The van der Waals surface area contributed by atoms with Crippen LogP contribution in [0.5, 0.6) is 0 Å². The van der Waals surface area contributed by atoms with Crippen LogP contribution < -0.4 is 5.32 Å². The number of imidazole rings is 1. The van der Waals surface area contributed by atoms with Crippen molar-refractivity contribution in [2.75, 3.05) is 19.8 Å². The van der Waals surface area contributed by atoms with Gasteiger partial charge in [-0.3, -0.25) is 0 Å². The van der Waals surface area contributed by atoms with Gasteiger partial charge in [-0.15, -0.1) is 0 Å². The predicted octanol–water partition coefficient (Wildman–Crippen LogP) is 0.331. The van der Waals surface area contributed by atoms with Crippen molar-refractivity contribution in [1.82, 2.24) is 15.3 Å². The Bertz CT molecular complexity index is 231. The van der Waals surface area contributed by atoms with Crippen molar-refractivity contribution in [2.24, 2.45) is 0 Å². The molecule has 0 spiro atoms. The van der Waals surface area contributed by atoms with Crippen LogP contribution in [0.4, 0.5) is 0 Å². The molecule has 0 bridgehead atoms. The second-order valence-electron chi connectivity index (χ2n) is 3.33. The molecule has 2 heterocycles. The molecule has 1 saturated heterocycles. The van der Waals surface area contributed by atoms with E-state index in [1.54, 1.807) is 6.20 Å². The fraction of sp³-hybridized carbons (Fsp3) is 0.667. The van der Waals surface area contributed by atoms with Gasteiger partial charge >= 0.3 is 0 Å². The molecule has 1 aliphatic heterocycles. The Morgan fingerprint density at radius 2 is 2.54 bits per heavy atom. The Labute approximate surface area is 77.7 Å². The highest BCUT2D eigenvalue weighted by Crippen LogP contribution is 2.00.